The average Bonchev–Trinajstić information content (AvgIpc) is 2.34. The summed E-state index contributed by atoms with van der Waals surface area (Å²) in [5.41, 5.74) is 0. The van der Waals surface area contributed by atoms with Crippen LogP contribution in [-0.4, -0.2) is 50.2 Å². The molecule has 4 nitrogen and oxygen atoms in total. The summed E-state index contributed by atoms with van der Waals surface area (Å²) >= 11 is 0. The maximum absolute atomic E-state index is 11.4. The van der Waals surface area contributed by atoms with E-state index in [-0.39, 0.29) is 5.78 Å². The number of rotatable bonds is 5. The molecule has 1 fully saturated rings. The third-order valence-corrected chi connectivity index (χ3v) is 4.62. The summed E-state index contributed by atoms with van der Waals surface area (Å²) in [6.07, 6.45) is 3.29. The Hall–Kier alpha value is -0.420. The van der Waals surface area contributed by atoms with Gasteiger partial charge in [0.15, 0.2) is 9.84 Å². The lowest BCUT2D eigenvalue weighted by molar-refractivity contribution is -0.117. The van der Waals surface area contributed by atoms with Gasteiger partial charge in [-0.05, 0) is 39.3 Å². The van der Waals surface area contributed by atoms with Crippen molar-refractivity contribution >= 4 is 15.6 Å². The molecular formula is C11H21NO3S. The molecule has 0 aromatic carbocycles. The Balaban J connectivity index is 2.20. The highest BCUT2D eigenvalue weighted by atomic mass is 32.2. The molecule has 1 rings (SSSR count). The summed E-state index contributed by atoms with van der Waals surface area (Å²) in [5, 5.41) is 0. The maximum atomic E-state index is 11.4. The quantitative estimate of drug-likeness (QED) is 0.676. The van der Waals surface area contributed by atoms with Crippen LogP contribution in [-0.2, 0) is 14.6 Å². The second kappa shape index (κ2) is 6.35. The Morgan fingerprint density at radius 3 is 2.62 bits per heavy atom. The summed E-state index contributed by atoms with van der Waals surface area (Å²) in [7, 11) is -2.79. The third-order valence-electron chi connectivity index (χ3n) is 2.90. The number of sulfone groups is 1. The van der Waals surface area contributed by atoms with Crippen LogP contribution in [0.2, 0.25) is 0 Å². The van der Waals surface area contributed by atoms with Crippen LogP contribution < -0.4 is 0 Å². The van der Waals surface area contributed by atoms with E-state index >= 15 is 0 Å². The molecule has 16 heavy (non-hydrogen) atoms. The summed E-state index contributed by atoms with van der Waals surface area (Å²) < 4.78 is 22.7. The van der Waals surface area contributed by atoms with Gasteiger partial charge in [-0.15, -0.1) is 0 Å². The van der Waals surface area contributed by atoms with Crippen molar-refractivity contribution in [2.75, 3.05) is 31.1 Å². The van der Waals surface area contributed by atoms with Gasteiger partial charge in [0.2, 0.25) is 0 Å². The zero-order chi connectivity index (χ0) is 12.0. The molecule has 0 aromatic rings. The molecule has 0 bridgehead atoms. The topological polar surface area (TPSA) is 54.5 Å². The number of Topliss-reactive ketones (excluding diaryl/α,β-unsaturated/α-hetero) is 1. The molecule has 1 aliphatic rings. The van der Waals surface area contributed by atoms with Crippen molar-refractivity contribution in [1.29, 1.82) is 0 Å². The van der Waals surface area contributed by atoms with E-state index in [1.807, 2.05) is 0 Å². The molecule has 0 atom stereocenters. The van der Waals surface area contributed by atoms with Gasteiger partial charge in [-0.3, -0.25) is 0 Å². The van der Waals surface area contributed by atoms with Crippen molar-refractivity contribution in [3.05, 3.63) is 0 Å². The van der Waals surface area contributed by atoms with E-state index in [1.54, 1.807) is 6.92 Å². The zero-order valence-corrected chi connectivity index (χ0v) is 10.8. The highest BCUT2D eigenvalue weighted by molar-refractivity contribution is 7.91. The lowest BCUT2D eigenvalue weighted by Gasteiger charge is -2.18. The van der Waals surface area contributed by atoms with Crippen molar-refractivity contribution in [3.8, 4) is 0 Å². The molecule has 1 saturated heterocycles. The van der Waals surface area contributed by atoms with Crippen molar-refractivity contribution in [2.45, 2.75) is 32.6 Å². The van der Waals surface area contributed by atoms with Crippen molar-refractivity contribution in [1.82, 2.24) is 4.90 Å². The molecule has 5 heteroatoms. The molecule has 0 radical (unpaired) electrons. The molecule has 0 spiro atoms. The van der Waals surface area contributed by atoms with Gasteiger partial charge in [0, 0.05) is 13.0 Å². The summed E-state index contributed by atoms with van der Waals surface area (Å²) in [6.45, 7) is 4.06. The normalized spacial score (nSPS) is 21.6. The number of ketones is 1. The van der Waals surface area contributed by atoms with Gasteiger partial charge in [-0.25, -0.2) is 8.42 Å². The van der Waals surface area contributed by atoms with Crippen molar-refractivity contribution in [3.63, 3.8) is 0 Å². The Morgan fingerprint density at radius 2 is 1.94 bits per heavy atom. The average molecular weight is 247 g/mol. The predicted molar refractivity (Wildman–Crippen MR) is 64.2 cm³/mol. The lowest BCUT2D eigenvalue weighted by atomic mass is 10.2. The number of nitrogens with zero attached hydrogens (tertiary/aromatic N) is 1. The van der Waals surface area contributed by atoms with Crippen LogP contribution >= 0.6 is 0 Å². The van der Waals surface area contributed by atoms with E-state index in [9.17, 15) is 13.2 Å². The first-order chi connectivity index (χ1) is 7.49. The second-order valence-electron chi connectivity index (χ2n) is 4.51. The molecule has 0 amide bonds. The van der Waals surface area contributed by atoms with Gasteiger partial charge < -0.3 is 9.69 Å². The smallest absolute Gasteiger partial charge is 0.151 e. The standard InChI is InChI=1S/C11H21NO3S/c1-11(13)5-2-3-6-12-7-4-9-16(14,15)10-8-12/h2-10H2,1H3. The number of carbonyl (C=O) groups excluding carboxylic acids is 1. The van der Waals surface area contributed by atoms with Gasteiger partial charge in [0.1, 0.15) is 5.78 Å². The molecule has 0 aromatic heterocycles. The van der Waals surface area contributed by atoms with E-state index in [4.69, 9.17) is 0 Å². The molecule has 94 valence electrons. The first-order valence-electron chi connectivity index (χ1n) is 5.92. The van der Waals surface area contributed by atoms with Gasteiger partial charge in [0.25, 0.3) is 0 Å². The van der Waals surface area contributed by atoms with Crippen LogP contribution in [0.5, 0.6) is 0 Å². The SMILES string of the molecule is CC(=O)CCCCN1CCCS(=O)(=O)CC1. The van der Waals surface area contributed by atoms with Crippen molar-refractivity contribution in [2.24, 2.45) is 0 Å². The number of unbranched alkanes of at least 4 members (excludes halogenated alkanes) is 1. The molecule has 1 aliphatic heterocycles. The predicted octanol–water partition coefficient (Wildman–Crippen LogP) is 0.866. The van der Waals surface area contributed by atoms with Crippen LogP contribution in [0.1, 0.15) is 32.6 Å². The monoisotopic (exact) mass is 247 g/mol. The minimum Gasteiger partial charge on any atom is -0.302 e. The second-order valence-corrected chi connectivity index (χ2v) is 6.81. The van der Waals surface area contributed by atoms with Crippen LogP contribution in [0.25, 0.3) is 0 Å². The van der Waals surface area contributed by atoms with E-state index in [1.165, 1.54) is 0 Å². The van der Waals surface area contributed by atoms with Gasteiger partial charge in [-0.2, -0.15) is 0 Å². The first kappa shape index (κ1) is 13.6. The minimum atomic E-state index is -2.79. The minimum absolute atomic E-state index is 0.235. The Bertz CT molecular complexity index is 324. The largest absolute Gasteiger partial charge is 0.302 e. The van der Waals surface area contributed by atoms with Gasteiger partial charge in [0.05, 0.1) is 11.5 Å². The number of hydrogen-bond donors (Lipinski definition) is 0. The third kappa shape index (κ3) is 5.61. The fraction of sp³-hybridized carbons (Fsp3) is 0.909. The Morgan fingerprint density at radius 1 is 1.19 bits per heavy atom. The van der Waals surface area contributed by atoms with Crippen LogP contribution in [0.4, 0.5) is 0 Å². The number of carbonyl (C=O) groups is 1. The van der Waals surface area contributed by atoms with Crippen LogP contribution in [0.3, 0.4) is 0 Å². The lowest BCUT2D eigenvalue weighted by Crippen LogP contribution is -2.28. The highest BCUT2D eigenvalue weighted by Gasteiger charge is 2.18. The van der Waals surface area contributed by atoms with Gasteiger partial charge in [-0.1, -0.05) is 0 Å². The summed E-state index contributed by atoms with van der Waals surface area (Å²) in [5.74, 6) is 0.856. The number of hydrogen-bond acceptors (Lipinski definition) is 4. The zero-order valence-electron chi connectivity index (χ0n) is 9.94. The van der Waals surface area contributed by atoms with Crippen LogP contribution in [0, 0.1) is 0 Å². The van der Waals surface area contributed by atoms with Crippen molar-refractivity contribution < 1.29 is 13.2 Å². The molecule has 0 saturated carbocycles. The fourth-order valence-corrected chi connectivity index (χ4v) is 3.23. The molecular weight excluding hydrogens is 226 g/mol. The Kier molecular flexibility index (Phi) is 5.41. The van der Waals surface area contributed by atoms with Gasteiger partial charge >= 0.3 is 0 Å². The molecule has 0 N–H and O–H groups in total. The summed E-state index contributed by atoms with van der Waals surface area (Å²) in [6, 6.07) is 0. The molecule has 0 aliphatic carbocycles. The fourth-order valence-electron chi connectivity index (χ4n) is 1.92. The first-order valence-corrected chi connectivity index (χ1v) is 7.74. The summed E-state index contributed by atoms with van der Waals surface area (Å²) in [4.78, 5) is 12.9. The van der Waals surface area contributed by atoms with E-state index in [0.29, 0.717) is 24.5 Å². The molecule has 0 unspecified atom stereocenters. The van der Waals surface area contributed by atoms with E-state index in [2.05, 4.69) is 4.90 Å². The highest BCUT2D eigenvalue weighted by Crippen LogP contribution is 2.07. The Labute approximate surface area is 97.9 Å². The van der Waals surface area contributed by atoms with Crippen LogP contribution in [0.15, 0.2) is 0 Å². The van der Waals surface area contributed by atoms with E-state index < -0.39 is 9.84 Å². The maximum Gasteiger partial charge on any atom is 0.151 e. The van der Waals surface area contributed by atoms with E-state index in [0.717, 1.165) is 32.4 Å². The molecule has 1 heterocycles.